The summed E-state index contributed by atoms with van der Waals surface area (Å²) in [6.45, 7) is 5.65. The van der Waals surface area contributed by atoms with Gasteiger partial charge in [-0.15, -0.1) is 0 Å². The number of carbonyl (C=O) groups excluding carboxylic acids is 1. The van der Waals surface area contributed by atoms with Crippen molar-refractivity contribution in [3.63, 3.8) is 0 Å². The second-order valence-electron chi connectivity index (χ2n) is 3.31. The third kappa shape index (κ3) is 3.59. The molecule has 0 saturated carbocycles. The van der Waals surface area contributed by atoms with Crippen molar-refractivity contribution in [2.45, 2.75) is 20.8 Å². The summed E-state index contributed by atoms with van der Waals surface area (Å²) in [6, 6.07) is 3.43. The molecule has 0 unspecified atom stereocenters. The van der Waals surface area contributed by atoms with Crippen molar-refractivity contribution < 1.29 is 39.4 Å². The normalized spacial score (nSPS) is 9.88. The largest absolute Gasteiger partial charge is 1.00 e. The van der Waals surface area contributed by atoms with Crippen LogP contribution in [0, 0.1) is 20.8 Å². The molecule has 0 aliphatic carbocycles. The summed E-state index contributed by atoms with van der Waals surface area (Å²) in [7, 11) is -2.64. The average molecular weight is 236 g/mol. The van der Waals surface area contributed by atoms with E-state index in [0.29, 0.717) is 5.56 Å². The number of carbonyl (C=O) groups is 1. The molecule has 0 radical (unpaired) electrons. The van der Waals surface area contributed by atoms with Crippen LogP contribution in [0.3, 0.4) is 0 Å². The van der Waals surface area contributed by atoms with Crippen LogP contribution < -0.4 is 18.9 Å². The molecule has 0 atom stereocenters. The van der Waals surface area contributed by atoms with Gasteiger partial charge in [0.1, 0.15) is 0 Å². The Bertz CT molecular complexity index is 398. The van der Waals surface area contributed by atoms with E-state index in [9.17, 15) is 4.79 Å². The molecule has 0 aliphatic rings. The number of rotatable bonds is 2. The Balaban J connectivity index is 0. The van der Waals surface area contributed by atoms with Gasteiger partial charge in [0.05, 0.1) is 5.56 Å². The summed E-state index contributed by atoms with van der Waals surface area (Å²) in [5.74, 6) is -0.702. The van der Waals surface area contributed by atoms with Gasteiger partial charge >= 0.3 is 33.4 Å². The fourth-order valence-electron chi connectivity index (χ4n) is 1.30. The van der Waals surface area contributed by atoms with E-state index in [1.54, 1.807) is 19.1 Å². The number of hydrogen-bond acceptors (Lipinski definition) is 4. The van der Waals surface area contributed by atoms with Crippen LogP contribution >= 0.6 is 8.60 Å². The summed E-state index contributed by atoms with van der Waals surface area (Å²) < 4.78 is 4.35. The second-order valence-corrected chi connectivity index (χ2v) is 4.00. The van der Waals surface area contributed by atoms with E-state index in [1.807, 2.05) is 13.8 Å². The molecule has 0 saturated heterocycles. The van der Waals surface area contributed by atoms with Crippen molar-refractivity contribution in [1.82, 2.24) is 0 Å². The average Bonchev–Trinajstić information content (AvgIpc) is 2.13. The van der Waals surface area contributed by atoms with Gasteiger partial charge in [-0.25, -0.2) is 4.79 Å². The van der Waals surface area contributed by atoms with Crippen molar-refractivity contribution in [3.8, 4) is 0 Å². The number of aryl methyl sites for hydroxylation is 1. The maximum absolute atomic E-state index is 11.4. The molecule has 0 amide bonds. The van der Waals surface area contributed by atoms with Crippen molar-refractivity contribution in [3.05, 3.63) is 34.4 Å². The van der Waals surface area contributed by atoms with Crippen LogP contribution in [0.5, 0.6) is 0 Å². The number of benzene rings is 1. The topological polar surface area (TPSA) is 66.8 Å². The third-order valence-electron chi connectivity index (χ3n) is 2.44. The van der Waals surface area contributed by atoms with Crippen molar-refractivity contribution in [1.29, 1.82) is 0 Å². The molecule has 16 heavy (non-hydrogen) atoms. The van der Waals surface area contributed by atoms with Crippen LogP contribution in [0.4, 0.5) is 0 Å². The van der Waals surface area contributed by atoms with Crippen LogP contribution in [-0.4, -0.2) is 15.8 Å². The molecule has 0 fully saturated rings. The zero-order valence-electron chi connectivity index (χ0n) is 10.8. The van der Waals surface area contributed by atoms with E-state index in [1.165, 1.54) is 0 Å². The standard InChI is InChI=1S/C10H13O4P.Li.H/c1-6-4-5-9(8(3)7(6)2)10(11)14-15(12)13;;/h4-5,12-13H,1-3H3;;/q;+1;-1. The molecule has 2 N–H and O–H groups in total. The smallest absolute Gasteiger partial charge is 1.00 e. The Labute approximate surface area is 109 Å². The molecule has 0 heterocycles. The predicted molar refractivity (Wildman–Crippen MR) is 58.5 cm³/mol. The van der Waals surface area contributed by atoms with Crippen molar-refractivity contribution >= 4 is 14.6 Å². The molecule has 0 aliphatic heterocycles. The molecule has 1 aromatic carbocycles. The van der Waals surface area contributed by atoms with Crippen LogP contribution in [0.15, 0.2) is 12.1 Å². The third-order valence-corrected chi connectivity index (χ3v) is 2.77. The predicted octanol–water partition coefficient (Wildman–Crippen LogP) is -0.903. The molecule has 84 valence electrons. The van der Waals surface area contributed by atoms with E-state index in [-0.39, 0.29) is 20.3 Å². The van der Waals surface area contributed by atoms with Gasteiger partial charge in [-0.1, -0.05) is 6.07 Å². The summed E-state index contributed by atoms with van der Waals surface area (Å²) in [5, 5.41) is 0. The maximum atomic E-state index is 11.4. The number of hydrogen-bond donors (Lipinski definition) is 2. The monoisotopic (exact) mass is 236 g/mol. The summed E-state index contributed by atoms with van der Waals surface area (Å²) >= 11 is 0. The van der Waals surface area contributed by atoms with E-state index >= 15 is 0 Å². The zero-order valence-corrected chi connectivity index (χ0v) is 10.7. The quantitative estimate of drug-likeness (QED) is 0.515. The van der Waals surface area contributed by atoms with Gasteiger partial charge in [-0.3, -0.25) is 0 Å². The van der Waals surface area contributed by atoms with Gasteiger partial charge in [0, 0.05) is 0 Å². The van der Waals surface area contributed by atoms with Crippen LogP contribution in [-0.2, 0) is 4.52 Å². The van der Waals surface area contributed by atoms with Gasteiger partial charge in [-0.2, -0.15) is 0 Å². The van der Waals surface area contributed by atoms with E-state index in [2.05, 4.69) is 4.52 Å². The Morgan fingerprint density at radius 1 is 1.25 bits per heavy atom. The minimum absolute atomic E-state index is 0. The Morgan fingerprint density at radius 2 is 1.81 bits per heavy atom. The van der Waals surface area contributed by atoms with E-state index in [4.69, 9.17) is 9.79 Å². The van der Waals surface area contributed by atoms with Gasteiger partial charge in [-0.05, 0) is 43.5 Å². The van der Waals surface area contributed by atoms with Crippen molar-refractivity contribution in [2.75, 3.05) is 0 Å². The molecule has 1 aromatic rings. The minimum atomic E-state index is -2.64. The van der Waals surface area contributed by atoms with Gasteiger partial charge in [0.15, 0.2) is 0 Å². The molecular weight excluding hydrogens is 222 g/mol. The zero-order chi connectivity index (χ0) is 11.6. The summed E-state index contributed by atoms with van der Waals surface area (Å²) in [6.07, 6.45) is 0. The first-order valence-electron chi connectivity index (χ1n) is 4.40. The van der Waals surface area contributed by atoms with Crippen molar-refractivity contribution in [2.24, 2.45) is 0 Å². The SMILES string of the molecule is Cc1ccc(C(=O)OP(O)O)c(C)c1C.[H-].[Li+]. The van der Waals surface area contributed by atoms with Crippen LogP contribution in [0.1, 0.15) is 28.5 Å². The first-order valence-corrected chi connectivity index (χ1v) is 5.57. The molecular formula is C10H14LiO4P. The fraction of sp³-hybridized carbons (Fsp3) is 0.300. The Kier molecular flexibility index (Phi) is 6.25. The van der Waals surface area contributed by atoms with E-state index in [0.717, 1.165) is 16.7 Å². The summed E-state index contributed by atoms with van der Waals surface area (Å²) in [5.41, 5.74) is 3.26. The first-order chi connectivity index (χ1) is 6.93. The first kappa shape index (κ1) is 15.6. The van der Waals surface area contributed by atoms with Gasteiger partial charge in [0.25, 0.3) is 0 Å². The minimum Gasteiger partial charge on any atom is -1.00 e. The molecule has 0 bridgehead atoms. The van der Waals surface area contributed by atoms with Gasteiger partial charge in [0.2, 0.25) is 0 Å². The second kappa shape index (κ2) is 6.39. The Hall–Kier alpha value is -0.363. The van der Waals surface area contributed by atoms with Crippen LogP contribution in [0.25, 0.3) is 0 Å². The molecule has 0 aromatic heterocycles. The Morgan fingerprint density at radius 3 is 2.31 bits per heavy atom. The van der Waals surface area contributed by atoms with E-state index < -0.39 is 14.6 Å². The molecule has 4 nitrogen and oxygen atoms in total. The molecule has 6 heteroatoms. The van der Waals surface area contributed by atoms with Crippen LogP contribution in [0.2, 0.25) is 0 Å². The molecule has 1 rings (SSSR count). The van der Waals surface area contributed by atoms with Gasteiger partial charge < -0.3 is 15.7 Å². The fourth-order valence-corrected chi connectivity index (χ4v) is 1.55. The summed E-state index contributed by atoms with van der Waals surface area (Å²) in [4.78, 5) is 28.6. The molecule has 0 spiro atoms. The maximum Gasteiger partial charge on any atom is 1.00 e.